The minimum atomic E-state index is -1.20. The van der Waals surface area contributed by atoms with Crippen LogP contribution in [-0.2, 0) is 14.3 Å². The molecule has 23 heavy (non-hydrogen) atoms. The zero-order valence-electron chi connectivity index (χ0n) is 12.8. The van der Waals surface area contributed by atoms with Gasteiger partial charge in [-0.1, -0.05) is 0 Å². The molecular formula is C15H18FNO6. The molecule has 1 aromatic carbocycles. The summed E-state index contributed by atoms with van der Waals surface area (Å²) in [6, 6.07) is 3.79. The summed E-state index contributed by atoms with van der Waals surface area (Å²) < 4.78 is 22.9. The smallest absolute Gasteiger partial charge is 0.334 e. The topological polar surface area (TPSA) is 102 Å². The summed E-state index contributed by atoms with van der Waals surface area (Å²) in [5.41, 5.74) is 0.136. The van der Waals surface area contributed by atoms with Crippen LogP contribution in [0.4, 0.5) is 4.39 Å². The molecule has 0 aliphatic heterocycles. The summed E-state index contributed by atoms with van der Waals surface area (Å²) in [4.78, 5) is 34.2. The number of aliphatic carboxylic acids is 1. The highest BCUT2D eigenvalue weighted by molar-refractivity contribution is 5.98. The molecule has 0 aliphatic rings. The molecule has 0 radical (unpaired) electrons. The van der Waals surface area contributed by atoms with Crippen molar-refractivity contribution in [2.45, 2.75) is 18.9 Å². The van der Waals surface area contributed by atoms with E-state index in [1.807, 2.05) is 0 Å². The normalized spacial score (nSPS) is 11.6. The summed E-state index contributed by atoms with van der Waals surface area (Å²) >= 11 is 0. The number of hydrogen-bond donors (Lipinski definition) is 2. The van der Waals surface area contributed by atoms with Crippen LogP contribution in [-0.4, -0.2) is 49.6 Å². The molecule has 1 atom stereocenters. The molecule has 1 aromatic rings. The van der Waals surface area contributed by atoms with Crippen LogP contribution in [0, 0.1) is 5.82 Å². The Balaban J connectivity index is 2.48. The molecule has 0 heterocycles. The Morgan fingerprint density at radius 2 is 1.96 bits per heavy atom. The van der Waals surface area contributed by atoms with Crippen molar-refractivity contribution in [2.75, 3.05) is 20.8 Å². The maximum atomic E-state index is 13.5. The first-order chi connectivity index (χ1) is 10.9. The highest BCUT2D eigenvalue weighted by Crippen LogP contribution is 2.18. The summed E-state index contributed by atoms with van der Waals surface area (Å²) in [6.07, 6.45) is -1.41. The fourth-order valence-corrected chi connectivity index (χ4v) is 1.78. The molecule has 2 N–H and O–H groups in total. The van der Waals surface area contributed by atoms with Gasteiger partial charge in [-0.25, -0.2) is 9.18 Å². The number of halogens is 1. The van der Waals surface area contributed by atoms with E-state index in [4.69, 9.17) is 9.84 Å². The summed E-state index contributed by atoms with van der Waals surface area (Å²) in [6.45, 7) is -0.198. The van der Waals surface area contributed by atoms with E-state index < -0.39 is 29.6 Å². The molecule has 0 bridgehead atoms. The van der Waals surface area contributed by atoms with Crippen molar-refractivity contribution >= 4 is 17.7 Å². The number of carboxylic acids is 1. The molecule has 1 amide bonds. The zero-order valence-corrected chi connectivity index (χ0v) is 12.8. The molecule has 0 saturated heterocycles. The molecule has 7 nitrogen and oxygen atoms in total. The van der Waals surface area contributed by atoms with E-state index in [0.29, 0.717) is 0 Å². The third-order valence-corrected chi connectivity index (χ3v) is 3.10. The lowest BCUT2D eigenvalue weighted by Gasteiger charge is -2.11. The van der Waals surface area contributed by atoms with Crippen molar-refractivity contribution in [3.05, 3.63) is 29.6 Å². The van der Waals surface area contributed by atoms with Gasteiger partial charge in [-0.3, -0.25) is 9.59 Å². The number of Topliss-reactive ketones (excluding diaryl/α,β-unsaturated/α-hetero) is 1. The number of ether oxygens (including phenoxy) is 2. The van der Waals surface area contributed by atoms with Crippen LogP contribution < -0.4 is 10.1 Å². The average molecular weight is 327 g/mol. The number of hydrogen-bond acceptors (Lipinski definition) is 5. The largest absolute Gasteiger partial charge is 0.494 e. The molecule has 0 saturated carbocycles. The average Bonchev–Trinajstić information content (AvgIpc) is 2.52. The number of methoxy groups -OCH3 is 2. The zero-order chi connectivity index (χ0) is 17.4. The number of ketones is 1. The van der Waals surface area contributed by atoms with Crippen LogP contribution in [0.2, 0.25) is 0 Å². The van der Waals surface area contributed by atoms with E-state index in [1.54, 1.807) is 0 Å². The van der Waals surface area contributed by atoms with E-state index in [0.717, 1.165) is 6.07 Å². The van der Waals surface area contributed by atoms with Gasteiger partial charge >= 0.3 is 5.97 Å². The van der Waals surface area contributed by atoms with Crippen LogP contribution in [0.3, 0.4) is 0 Å². The van der Waals surface area contributed by atoms with Crippen LogP contribution in [0.25, 0.3) is 0 Å². The lowest BCUT2D eigenvalue weighted by Crippen LogP contribution is -2.37. The van der Waals surface area contributed by atoms with E-state index in [1.165, 1.54) is 26.4 Å². The molecule has 1 rings (SSSR count). The first-order valence-electron chi connectivity index (χ1n) is 6.78. The van der Waals surface area contributed by atoms with Crippen LogP contribution in [0.1, 0.15) is 23.2 Å². The van der Waals surface area contributed by atoms with E-state index >= 15 is 0 Å². The maximum absolute atomic E-state index is 13.5. The predicted octanol–water partition coefficient (Wildman–Crippen LogP) is 1.01. The lowest BCUT2D eigenvalue weighted by atomic mass is 10.1. The Bertz CT molecular complexity index is 589. The number of nitrogens with one attached hydrogen (secondary N) is 1. The van der Waals surface area contributed by atoms with E-state index in [-0.39, 0.29) is 30.7 Å². The fraction of sp³-hybridized carbons (Fsp3) is 0.400. The van der Waals surface area contributed by atoms with Crippen molar-refractivity contribution in [3.8, 4) is 5.75 Å². The van der Waals surface area contributed by atoms with Gasteiger partial charge in [0.2, 0.25) is 5.91 Å². The number of benzene rings is 1. The van der Waals surface area contributed by atoms with Gasteiger partial charge in [0.05, 0.1) is 13.7 Å². The van der Waals surface area contributed by atoms with Crippen molar-refractivity contribution in [2.24, 2.45) is 0 Å². The Morgan fingerprint density at radius 1 is 1.26 bits per heavy atom. The van der Waals surface area contributed by atoms with Gasteiger partial charge in [-0.15, -0.1) is 0 Å². The molecule has 1 unspecified atom stereocenters. The molecule has 126 valence electrons. The second-order valence-corrected chi connectivity index (χ2v) is 4.64. The molecule has 0 spiro atoms. The summed E-state index contributed by atoms with van der Waals surface area (Å²) in [5.74, 6) is -2.72. The van der Waals surface area contributed by atoms with Gasteiger partial charge < -0.3 is 19.9 Å². The number of carboxylic acid groups (broad SMARTS) is 1. The van der Waals surface area contributed by atoms with Gasteiger partial charge in [0, 0.05) is 25.5 Å². The standard InChI is InChI=1S/C15H18FNO6/c1-22-12-5-3-9(7-10(12)16)11(18)4-6-14(19)17-8-13(23-2)15(20)21/h3,5,7,13H,4,6,8H2,1-2H3,(H,17,19)(H,20,21). The molecule has 0 aromatic heterocycles. The Morgan fingerprint density at radius 3 is 2.48 bits per heavy atom. The van der Waals surface area contributed by atoms with Crippen LogP contribution >= 0.6 is 0 Å². The van der Waals surface area contributed by atoms with Gasteiger partial charge in [0.15, 0.2) is 23.5 Å². The van der Waals surface area contributed by atoms with Gasteiger partial charge in [-0.05, 0) is 18.2 Å². The Labute approximate surface area is 132 Å². The quantitative estimate of drug-likeness (QED) is 0.656. The van der Waals surface area contributed by atoms with Gasteiger partial charge in [0.1, 0.15) is 0 Å². The number of amides is 1. The molecule has 0 aliphatic carbocycles. The predicted molar refractivity (Wildman–Crippen MR) is 78.0 cm³/mol. The Kier molecular flexibility index (Phi) is 7.14. The van der Waals surface area contributed by atoms with Gasteiger partial charge in [-0.2, -0.15) is 0 Å². The van der Waals surface area contributed by atoms with Crippen molar-refractivity contribution in [1.29, 1.82) is 0 Å². The second-order valence-electron chi connectivity index (χ2n) is 4.64. The van der Waals surface area contributed by atoms with Crippen molar-refractivity contribution in [3.63, 3.8) is 0 Å². The highest BCUT2D eigenvalue weighted by Gasteiger charge is 2.18. The first kappa shape index (κ1) is 18.6. The minimum Gasteiger partial charge on any atom is -0.494 e. The lowest BCUT2D eigenvalue weighted by molar-refractivity contribution is -0.148. The van der Waals surface area contributed by atoms with Gasteiger partial charge in [0.25, 0.3) is 0 Å². The van der Waals surface area contributed by atoms with Crippen LogP contribution in [0.15, 0.2) is 18.2 Å². The van der Waals surface area contributed by atoms with Crippen molar-refractivity contribution < 1.29 is 33.4 Å². The SMILES string of the molecule is COc1ccc(C(=O)CCC(=O)NCC(OC)C(=O)O)cc1F. The number of carbonyl (C=O) groups is 3. The van der Waals surface area contributed by atoms with Crippen LogP contribution in [0.5, 0.6) is 5.75 Å². The Hall–Kier alpha value is -2.48. The first-order valence-corrected chi connectivity index (χ1v) is 6.78. The molecule has 0 fully saturated rings. The summed E-state index contributed by atoms with van der Waals surface area (Å²) in [7, 11) is 2.53. The fourth-order valence-electron chi connectivity index (χ4n) is 1.78. The second kappa shape index (κ2) is 8.84. The summed E-state index contributed by atoms with van der Waals surface area (Å²) in [5, 5.41) is 11.1. The molecule has 8 heteroatoms. The third-order valence-electron chi connectivity index (χ3n) is 3.10. The number of rotatable bonds is 9. The van der Waals surface area contributed by atoms with E-state index in [9.17, 15) is 18.8 Å². The van der Waals surface area contributed by atoms with E-state index in [2.05, 4.69) is 10.1 Å². The third kappa shape index (κ3) is 5.67. The maximum Gasteiger partial charge on any atom is 0.334 e. The van der Waals surface area contributed by atoms with Crippen molar-refractivity contribution in [1.82, 2.24) is 5.32 Å². The monoisotopic (exact) mass is 327 g/mol. The number of carbonyl (C=O) groups excluding carboxylic acids is 2. The molecular weight excluding hydrogens is 309 g/mol. The highest BCUT2D eigenvalue weighted by atomic mass is 19.1. The minimum absolute atomic E-state index is 0.0265.